The van der Waals surface area contributed by atoms with E-state index in [1.165, 1.54) is 16.9 Å². The molecule has 2 N–H and O–H groups in total. The molecule has 1 heterocycles. The molecule has 19 heavy (non-hydrogen) atoms. The summed E-state index contributed by atoms with van der Waals surface area (Å²) in [5.74, 6) is 0.480. The molecule has 0 bridgehead atoms. The van der Waals surface area contributed by atoms with Crippen molar-refractivity contribution in [3.05, 3.63) is 52.9 Å². The Morgan fingerprint density at radius 2 is 2.00 bits per heavy atom. The summed E-state index contributed by atoms with van der Waals surface area (Å²) in [4.78, 5) is 0. The van der Waals surface area contributed by atoms with Gasteiger partial charge in [0, 0.05) is 11.8 Å². The molecule has 0 saturated carbocycles. The average Bonchev–Trinajstić information content (AvgIpc) is 2.94. The van der Waals surface area contributed by atoms with Gasteiger partial charge in [-0.25, -0.2) is 0 Å². The maximum atomic E-state index is 12.1. The number of rotatable bonds is 6. The molecule has 0 aliphatic carbocycles. The third kappa shape index (κ3) is 4.00. The van der Waals surface area contributed by atoms with Gasteiger partial charge in [-0.05, 0) is 29.0 Å². The minimum Gasteiger partial charge on any atom is -0.323 e. The Hall–Kier alpha value is -0.970. The second kappa shape index (κ2) is 6.98. The largest absolute Gasteiger partial charge is 0.323 e. The Morgan fingerprint density at radius 1 is 1.26 bits per heavy atom. The van der Waals surface area contributed by atoms with Crippen LogP contribution in [-0.2, 0) is 17.2 Å². The minimum absolute atomic E-state index is 0.168. The maximum absolute atomic E-state index is 12.1. The molecule has 2 atom stereocenters. The standard InChI is InChI=1S/C15H19NOS2/c1-2-4-12-6-8-13(9-7-12)14(16)11-19(17)15-5-3-10-18-15/h3,5-10,14H,2,4,11,16H2,1H3. The van der Waals surface area contributed by atoms with Crippen LogP contribution < -0.4 is 5.73 Å². The molecule has 4 heteroatoms. The monoisotopic (exact) mass is 293 g/mol. The molecule has 0 aliphatic heterocycles. The molecule has 0 radical (unpaired) electrons. The molecule has 2 unspecified atom stereocenters. The van der Waals surface area contributed by atoms with Gasteiger partial charge >= 0.3 is 0 Å². The highest BCUT2D eigenvalue weighted by Crippen LogP contribution is 2.19. The van der Waals surface area contributed by atoms with Crippen LogP contribution in [0.15, 0.2) is 46.0 Å². The smallest absolute Gasteiger partial charge is 0.0911 e. The average molecular weight is 293 g/mol. The lowest BCUT2D eigenvalue weighted by Gasteiger charge is -2.11. The Kier molecular flexibility index (Phi) is 5.31. The molecule has 1 aromatic heterocycles. The number of nitrogens with two attached hydrogens (primary N) is 1. The lowest BCUT2D eigenvalue weighted by molar-refractivity contribution is 0.676. The van der Waals surface area contributed by atoms with Gasteiger partial charge in [-0.2, -0.15) is 0 Å². The van der Waals surface area contributed by atoms with Crippen molar-refractivity contribution in [2.24, 2.45) is 5.73 Å². The van der Waals surface area contributed by atoms with Crippen LogP contribution in [0.3, 0.4) is 0 Å². The van der Waals surface area contributed by atoms with Crippen LogP contribution in [0.2, 0.25) is 0 Å². The summed E-state index contributed by atoms with van der Waals surface area (Å²) in [5, 5.41) is 1.94. The highest BCUT2D eigenvalue weighted by Gasteiger charge is 2.12. The zero-order chi connectivity index (χ0) is 13.7. The second-order valence-electron chi connectivity index (χ2n) is 4.54. The number of hydrogen-bond donors (Lipinski definition) is 1. The first-order chi connectivity index (χ1) is 9.20. The van der Waals surface area contributed by atoms with Gasteiger partial charge in [-0.15, -0.1) is 11.3 Å². The van der Waals surface area contributed by atoms with E-state index in [0.29, 0.717) is 5.75 Å². The Balaban J connectivity index is 1.99. The van der Waals surface area contributed by atoms with E-state index in [9.17, 15) is 4.21 Å². The van der Waals surface area contributed by atoms with E-state index < -0.39 is 10.8 Å². The van der Waals surface area contributed by atoms with E-state index in [2.05, 4.69) is 31.2 Å². The van der Waals surface area contributed by atoms with E-state index in [-0.39, 0.29) is 6.04 Å². The van der Waals surface area contributed by atoms with Crippen LogP contribution in [-0.4, -0.2) is 9.96 Å². The van der Waals surface area contributed by atoms with Crippen LogP contribution in [0.1, 0.15) is 30.5 Å². The normalized spacial score (nSPS) is 14.2. The van der Waals surface area contributed by atoms with Gasteiger partial charge in [-0.3, -0.25) is 4.21 Å². The molecule has 1 aromatic carbocycles. The van der Waals surface area contributed by atoms with Crippen molar-refractivity contribution >= 4 is 22.1 Å². The fraction of sp³-hybridized carbons (Fsp3) is 0.333. The van der Waals surface area contributed by atoms with Crippen LogP contribution >= 0.6 is 11.3 Å². The first kappa shape index (κ1) is 14.4. The van der Waals surface area contributed by atoms with Crippen molar-refractivity contribution in [2.75, 3.05) is 5.75 Å². The van der Waals surface area contributed by atoms with Crippen LogP contribution in [0, 0.1) is 0 Å². The number of benzene rings is 1. The molecule has 0 aliphatic rings. The summed E-state index contributed by atoms with van der Waals surface area (Å²) in [6.07, 6.45) is 2.24. The summed E-state index contributed by atoms with van der Waals surface area (Å²) in [6, 6.07) is 12.0. The fourth-order valence-corrected chi connectivity index (χ4v) is 4.12. The lowest BCUT2D eigenvalue weighted by Crippen LogP contribution is -2.18. The molecule has 2 nitrogen and oxygen atoms in total. The Bertz CT molecular complexity index is 520. The van der Waals surface area contributed by atoms with Gasteiger partial charge in [0.1, 0.15) is 0 Å². The first-order valence-electron chi connectivity index (χ1n) is 6.47. The molecule has 0 spiro atoms. The van der Waals surface area contributed by atoms with Crippen molar-refractivity contribution < 1.29 is 4.21 Å². The molecule has 0 saturated heterocycles. The van der Waals surface area contributed by atoms with Gasteiger partial charge in [-0.1, -0.05) is 43.7 Å². The quantitative estimate of drug-likeness (QED) is 0.885. The van der Waals surface area contributed by atoms with Crippen LogP contribution in [0.4, 0.5) is 0 Å². The molecule has 102 valence electrons. The highest BCUT2D eigenvalue weighted by atomic mass is 32.2. The van der Waals surface area contributed by atoms with Crippen LogP contribution in [0.5, 0.6) is 0 Å². The van der Waals surface area contributed by atoms with Crippen molar-refractivity contribution in [3.63, 3.8) is 0 Å². The zero-order valence-corrected chi connectivity index (χ0v) is 12.7. The summed E-state index contributed by atoms with van der Waals surface area (Å²) in [5.41, 5.74) is 8.53. The van der Waals surface area contributed by atoms with E-state index >= 15 is 0 Å². The summed E-state index contributed by atoms with van der Waals surface area (Å²) < 4.78 is 13.0. The molecule has 0 amide bonds. The molecule has 2 aromatic rings. The van der Waals surface area contributed by atoms with E-state index in [1.54, 1.807) is 0 Å². The van der Waals surface area contributed by atoms with Crippen molar-refractivity contribution in [1.29, 1.82) is 0 Å². The van der Waals surface area contributed by atoms with Crippen LogP contribution in [0.25, 0.3) is 0 Å². The SMILES string of the molecule is CCCc1ccc(C(N)CS(=O)c2cccs2)cc1. The van der Waals surface area contributed by atoms with Gasteiger partial charge in [0.15, 0.2) is 0 Å². The molecular formula is C15H19NOS2. The minimum atomic E-state index is -0.998. The third-order valence-electron chi connectivity index (χ3n) is 3.00. The first-order valence-corrected chi connectivity index (χ1v) is 8.67. The van der Waals surface area contributed by atoms with Crippen molar-refractivity contribution in [1.82, 2.24) is 0 Å². The van der Waals surface area contributed by atoms with E-state index in [4.69, 9.17) is 5.73 Å². The molecule has 2 rings (SSSR count). The van der Waals surface area contributed by atoms with E-state index in [0.717, 1.165) is 22.6 Å². The number of hydrogen-bond acceptors (Lipinski definition) is 3. The third-order valence-corrected chi connectivity index (χ3v) is 5.75. The zero-order valence-electron chi connectivity index (χ0n) is 11.0. The predicted molar refractivity (Wildman–Crippen MR) is 83.0 cm³/mol. The van der Waals surface area contributed by atoms with E-state index in [1.807, 2.05) is 17.5 Å². The maximum Gasteiger partial charge on any atom is 0.0911 e. The lowest BCUT2D eigenvalue weighted by atomic mass is 10.0. The highest BCUT2D eigenvalue weighted by molar-refractivity contribution is 7.87. The Labute approximate surface area is 121 Å². The topological polar surface area (TPSA) is 43.1 Å². The van der Waals surface area contributed by atoms with Crippen molar-refractivity contribution in [2.45, 2.75) is 30.0 Å². The second-order valence-corrected chi connectivity index (χ2v) is 7.21. The predicted octanol–water partition coefficient (Wildman–Crippen LogP) is 3.51. The van der Waals surface area contributed by atoms with Gasteiger partial charge in [0.05, 0.1) is 15.0 Å². The summed E-state index contributed by atoms with van der Waals surface area (Å²) >= 11 is 1.52. The van der Waals surface area contributed by atoms with Gasteiger partial charge < -0.3 is 5.73 Å². The van der Waals surface area contributed by atoms with Gasteiger partial charge in [0.2, 0.25) is 0 Å². The number of thiophene rings is 1. The molecule has 0 fully saturated rings. The Morgan fingerprint density at radius 3 is 2.58 bits per heavy atom. The number of aryl methyl sites for hydroxylation is 1. The molecular weight excluding hydrogens is 274 g/mol. The van der Waals surface area contributed by atoms with Crippen molar-refractivity contribution in [3.8, 4) is 0 Å². The van der Waals surface area contributed by atoms with Gasteiger partial charge in [0.25, 0.3) is 0 Å². The summed E-state index contributed by atoms with van der Waals surface area (Å²) in [7, 11) is -0.998. The summed E-state index contributed by atoms with van der Waals surface area (Å²) in [6.45, 7) is 2.17. The fourth-order valence-electron chi connectivity index (χ4n) is 1.95.